The lowest BCUT2D eigenvalue weighted by atomic mass is 10.2. The Bertz CT molecular complexity index is 812. The maximum atomic E-state index is 13.0. The van der Waals surface area contributed by atoms with Crippen LogP contribution in [0.15, 0.2) is 53.4 Å². The van der Waals surface area contributed by atoms with Gasteiger partial charge in [-0.25, -0.2) is 17.5 Å². The zero-order valence-corrected chi connectivity index (χ0v) is 13.5. The Morgan fingerprint density at radius 2 is 1.83 bits per heavy atom. The first kappa shape index (κ1) is 17.4. The maximum Gasteiger partial charge on any atom is 0.251 e. The number of hydrogen-bond acceptors (Lipinski definition) is 3. The van der Waals surface area contributed by atoms with Crippen molar-refractivity contribution < 1.29 is 17.6 Å². The fraction of sp³-hybridized carbons (Fsp3) is 0.133. The predicted octanol–water partition coefficient (Wildman–Crippen LogP) is 2.19. The molecule has 0 heterocycles. The highest BCUT2D eigenvalue weighted by Gasteiger charge is 2.13. The van der Waals surface area contributed by atoms with Gasteiger partial charge in [-0.15, -0.1) is 0 Å². The van der Waals surface area contributed by atoms with E-state index in [0.29, 0.717) is 5.02 Å². The number of sulfonamides is 1. The van der Waals surface area contributed by atoms with Crippen LogP contribution in [0.3, 0.4) is 0 Å². The van der Waals surface area contributed by atoms with Gasteiger partial charge in [0.1, 0.15) is 5.82 Å². The number of carbonyl (C=O) groups excluding carboxylic acids is 1. The van der Waals surface area contributed by atoms with Crippen LogP contribution in [0.4, 0.5) is 4.39 Å². The van der Waals surface area contributed by atoms with Crippen LogP contribution in [0.2, 0.25) is 5.02 Å². The van der Waals surface area contributed by atoms with Gasteiger partial charge < -0.3 is 5.32 Å². The van der Waals surface area contributed by atoms with Crippen molar-refractivity contribution in [2.45, 2.75) is 4.90 Å². The first-order valence-corrected chi connectivity index (χ1v) is 8.53. The van der Waals surface area contributed by atoms with Crippen LogP contribution in [0.25, 0.3) is 0 Å². The number of benzene rings is 2. The molecular formula is C15H14ClFN2O3S. The second-order valence-electron chi connectivity index (χ2n) is 4.62. The number of amides is 1. The third kappa shape index (κ3) is 5.02. The van der Waals surface area contributed by atoms with Crippen molar-refractivity contribution in [1.29, 1.82) is 0 Å². The molecule has 0 spiro atoms. The molecule has 122 valence electrons. The Balaban J connectivity index is 1.86. The topological polar surface area (TPSA) is 75.3 Å². The number of carbonyl (C=O) groups is 1. The van der Waals surface area contributed by atoms with E-state index in [0.717, 1.165) is 6.07 Å². The summed E-state index contributed by atoms with van der Waals surface area (Å²) in [4.78, 5) is 11.8. The quantitative estimate of drug-likeness (QED) is 0.779. The van der Waals surface area contributed by atoms with Crippen LogP contribution >= 0.6 is 11.6 Å². The molecule has 2 aromatic rings. The summed E-state index contributed by atoms with van der Waals surface area (Å²) >= 11 is 5.75. The molecule has 0 aliphatic carbocycles. The minimum absolute atomic E-state index is 0.00407. The van der Waals surface area contributed by atoms with Crippen LogP contribution in [-0.4, -0.2) is 27.4 Å². The number of hydrogen-bond donors (Lipinski definition) is 2. The zero-order valence-electron chi connectivity index (χ0n) is 11.9. The van der Waals surface area contributed by atoms with Crippen LogP contribution in [0.5, 0.6) is 0 Å². The number of nitrogens with one attached hydrogen (secondary N) is 2. The Kier molecular flexibility index (Phi) is 5.70. The Morgan fingerprint density at radius 3 is 2.52 bits per heavy atom. The Morgan fingerprint density at radius 1 is 1.09 bits per heavy atom. The monoisotopic (exact) mass is 356 g/mol. The van der Waals surface area contributed by atoms with E-state index in [1.54, 1.807) is 6.07 Å². The summed E-state index contributed by atoms with van der Waals surface area (Å²) in [5.74, 6) is -0.995. The largest absolute Gasteiger partial charge is 0.351 e. The molecule has 1 amide bonds. The van der Waals surface area contributed by atoms with Gasteiger partial charge in [0.05, 0.1) is 4.90 Å². The molecule has 2 rings (SSSR count). The molecule has 0 saturated heterocycles. The van der Waals surface area contributed by atoms with E-state index in [4.69, 9.17) is 11.6 Å². The van der Waals surface area contributed by atoms with E-state index in [2.05, 4.69) is 10.0 Å². The summed E-state index contributed by atoms with van der Waals surface area (Å²) in [6.07, 6.45) is 0. The molecule has 0 aromatic heterocycles. The maximum absolute atomic E-state index is 13.0. The fourth-order valence-electron chi connectivity index (χ4n) is 1.81. The van der Waals surface area contributed by atoms with Crippen molar-refractivity contribution in [2.75, 3.05) is 13.1 Å². The van der Waals surface area contributed by atoms with Gasteiger partial charge in [0, 0.05) is 23.7 Å². The average molecular weight is 357 g/mol. The van der Waals surface area contributed by atoms with Gasteiger partial charge in [0.2, 0.25) is 10.0 Å². The number of halogens is 2. The van der Waals surface area contributed by atoms with Gasteiger partial charge in [-0.2, -0.15) is 0 Å². The molecule has 0 fully saturated rings. The molecule has 5 nitrogen and oxygen atoms in total. The summed E-state index contributed by atoms with van der Waals surface area (Å²) in [5.41, 5.74) is 0.169. The van der Waals surface area contributed by atoms with Gasteiger partial charge >= 0.3 is 0 Å². The van der Waals surface area contributed by atoms with Crippen molar-refractivity contribution in [3.63, 3.8) is 0 Å². The van der Waals surface area contributed by atoms with E-state index >= 15 is 0 Å². The van der Waals surface area contributed by atoms with E-state index in [-0.39, 0.29) is 23.5 Å². The van der Waals surface area contributed by atoms with E-state index < -0.39 is 21.7 Å². The molecular weight excluding hydrogens is 343 g/mol. The SMILES string of the molecule is O=C(NCCNS(=O)(=O)c1cccc(Cl)c1)c1cccc(F)c1. The van der Waals surface area contributed by atoms with Crippen LogP contribution in [0.1, 0.15) is 10.4 Å². The fourth-order valence-corrected chi connectivity index (χ4v) is 3.14. The van der Waals surface area contributed by atoms with Crippen LogP contribution < -0.4 is 10.0 Å². The highest BCUT2D eigenvalue weighted by atomic mass is 35.5. The van der Waals surface area contributed by atoms with Gasteiger partial charge in [-0.05, 0) is 36.4 Å². The highest BCUT2D eigenvalue weighted by Crippen LogP contribution is 2.14. The zero-order chi connectivity index (χ0) is 16.9. The smallest absolute Gasteiger partial charge is 0.251 e. The summed E-state index contributed by atoms with van der Waals surface area (Å²) in [7, 11) is -3.70. The number of rotatable bonds is 6. The highest BCUT2D eigenvalue weighted by molar-refractivity contribution is 7.89. The lowest BCUT2D eigenvalue weighted by Crippen LogP contribution is -2.34. The van der Waals surface area contributed by atoms with Crippen molar-refractivity contribution in [1.82, 2.24) is 10.0 Å². The first-order chi connectivity index (χ1) is 10.9. The molecule has 23 heavy (non-hydrogen) atoms. The Labute approximate surface area is 138 Å². The third-order valence-corrected chi connectivity index (χ3v) is 4.59. The lowest BCUT2D eigenvalue weighted by molar-refractivity contribution is 0.0954. The van der Waals surface area contributed by atoms with E-state index in [1.807, 2.05) is 0 Å². The summed E-state index contributed by atoms with van der Waals surface area (Å²) in [6.45, 7) is 0.0606. The van der Waals surface area contributed by atoms with Crippen molar-refractivity contribution in [2.24, 2.45) is 0 Å². The molecule has 0 atom stereocenters. The second-order valence-corrected chi connectivity index (χ2v) is 6.82. The molecule has 0 unspecified atom stereocenters. The van der Waals surface area contributed by atoms with Gasteiger partial charge in [0.25, 0.3) is 5.91 Å². The molecule has 8 heteroatoms. The van der Waals surface area contributed by atoms with Crippen molar-refractivity contribution in [3.8, 4) is 0 Å². The average Bonchev–Trinajstić information content (AvgIpc) is 2.51. The van der Waals surface area contributed by atoms with E-state index in [1.165, 1.54) is 36.4 Å². The summed E-state index contributed by atoms with van der Waals surface area (Å²) in [6, 6.07) is 11.1. The first-order valence-electron chi connectivity index (χ1n) is 6.67. The summed E-state index contributed by atoms with van der Waals surface area (Å²) < 4.78 is 39.4. The van der Waals surface area contributed by atoms with E-state index in [9.17, 15) is 17.6 Å². The normalized spacial score (nSPS) is 11.2. The summed E-state index contributed by atoms with van der Waals surface area (Å²) in [5, 5.41) is 2.82. The third-order valence-electron chi connectivity index (χ3n) is 2.90. The minimum Gasteiger partial charge on any atom is -0.351 e. The van der Waals surface area contributed by atoms with Crippen LogP contribution in [-0.2, 0) is 10.0 Å². The second kappa shape index (κ2) is 7.54. The van der Waals surface area contributed by atoms with Gasteiger partial charge in [-0.1, -0.05) is 23.7 Å². The van der Waals surface area contributed by atoms with Crippen molar-refractivity contribution >= 4 is 27.5 Å². The molecule has 0 radical (unpaired) electrons. The van der Waals surface area contributed by atoms with Crippen LogP contribution in [0, 0.1) is 5.82 Å². The molecule has 0 saturated carbocycles. The van der Waals surface area contributed by atoms with Crippen molar-refractivity contribution in [3.05, 3.63) is 64.9 Å². The lowest BCUT2D eigenvalue weighted by Gasteiger charge is -2.08. The van der Waals surface area contributed by atoms with Gasteiger partial charge in [0.15, 0.2) is 0 Å². The molecule has 2 aromatic carbocycles. The molecule has 0 bridgehead atoms. The minimum atomic E-state index is -3.70. The molecule has 0 aliphatic rings. The van der Waals surface area contributed by atoms with Gasteiger partial charge in [-0.3, -0.25) is 4.79 Å². The standard InChI is InChI=1S/C15H14ClFN2O3S/c16-12-4-2-6-14(10-12)23(21,22)19-8-7-18-15(20)11-3-1-5-13(17)9-11/h1-6,9-10,19H,7-8H2,(H,18,20). The Hall–Kier alpha value is -1.96. The molecule has 2 N–H and O–H groups in total. The predicted molar refractivity (Wildman–Crippen MR) is 85.4 cm³/mol. The molecule has 0 aliphatic heterocycles.